The third kappa shape index (κ3) is 6.01. The first-order valence-electron chi connectivity index (χ1n) is 14.5. The van der Waals surface area contributed by atoms with Crippen LogP contribution in [0.2, 0.25) is 0 Å². The molecule has 6 rings (SSSR count). The van der Waals surface area contributed by atoms with Crippen LogP contribution in [0.5, 0.6) is 11.5 Å². The minimum atomic E-state index is -1.31. The summed E-state index contributed by atoms with van der Waals surface area (Å²) in [5, 5.41) is 13.1. The quantitative estimate of drug-likeness (QED) is 0.229. The smallest absolute Gasteiger partial charge is 0.251 e. The Balaban J connectivity index is 1.36. The van der Waals surface area contributed by atoms with Crippen molar-refractivity contribution in [3.63, 3.8) is 0 Å². The molecule has 0 aliphatic carbocycles. The average molecular weight is 597 g/mol. The Morgan fingerprint density at radius 2 is 1.65 bits per heavy atom. The molecule has 1 unspecified atom stereocenters. The summed E-state index contributed by atoms with van der Waals surface area (Å²) in [4.78, 5) is 13.6. The van der Waals surface area contributed by atoms with Crippen LogP contribution >= 0.6 is 0 Å². The van der Waals surface area contributed by atoms with Crippen molar-refractivity contribution in [3.8, 4) is 33.8 Å². The largest absolute Gasteiger partial charge is 0.597 e. The molecular weight excluding hydrogens is 560 g/mol. The molecule has 0 fully saturated rings. The monoisotopic (exact) mass is 596 g/mol. The van der Waals surface area contributed by atoms with Gasteiger partial charge in [0.25, 0.3) is 5.91 Å². The van der Waals surface area contributed by atoms with Crippen LogP contribution in [0.25, 0.3) is 22.3 Å². The van der Waals surface area contributed by atoms with Crippen molar-refractivity contribution in [2.45, 2.75) is 51.1 Å². The Morgan fingerprint density at radius 1 is 0.953 bits per heavy atom. The highest BCUT2D eigenvalue weighted by Crippen LogP contribution is 2.46. The molecule has 2 atom stereocenters. The molecule has 4 aromatic rings. The van der Waals surface area contributed by atoms with Gasteiger partial charge in [-0.1, -0.05) is 60.7 Å². The molecule has 0 saturated carbocycles. The van der Waals surface area contributed by atoms with E-state index in [0.717, 1.165) is 38.9 Å². The number of nitrogens with zero attached hydrogens (tertiary/aromatic N) is 1. The van der Waals surface area contributed by atoms with E-state index in [1.165, 1.54) is 0 Å². The summed E-state index contributed by atoms with van der Waals surface area (Å²) in [5.74, 6) is 1.18. The summed E-state index contributed by atoms with van der Waals surface area (Å²) in [6, 6.07) is 27.8. The number of aliphatic hydroxyl groups is 1. The van der Waals surface area contributed by atoms with Gasteiger partial charge in [0.2, 0.25) is 6.79 Å². The minimum Gasteiger partial charge on any atom is -0.597 e. The van der Waals surface area contributed by atoms with E-state index in [2.05, 4.69) is 41.7 Å². The van der Waals surface area contributed by atoms with Crippen molar-refractivity contribution in [2.75, 3.05) is 13.4 Å². The van der Waals surface area contributed by atoms with Crippen LogP contribution in [0.1, 0.15) is 60.3 Å². The zero-order chi connectivity index (χ0) is 30.1. The molecular formula is C35H36N2O5S. The highest BCUT2D eigenvalue weighted by molar-refractivity contribution is 7.90. The second kappa shape index (κ2) is 12.1. The first-order chi connectivity index (χ1) is 20.7. The zero-order valence-corrected chi connectivity index (χ0v) is 25.4. The topological polar surface area (TPSA) is 94.1 Å². The molecule has 43 heavy (non-hydrogen) atoms. The van der Waals surface area contributed by atoms with Crippen LogP contribution in [0.3, 0.4) is 0 Å². The van der Waals surface area contributed by atoms with E-state index < -0.39 is 16.1 Å². The van der Waals surface area contributed by atoms with Gasteiger partial charge in [0, 0.05) is 30.1 Å². The van der Waals surface area contributed by atoms with Gasteiger partial charge in [0.05, 0.1) is 12.6 Å². The highest BCUT2D eigenvalue weighted by atomic mass is 32.2. The molecule has 222 valence electrons. The SMILES string of the molecule is CC(C)(C)[S+]([O-])N1Cc2cc(C(=O)NCc3ccc4c(c3)OCO4)cc(-c3ccc(-c4ccccc4)cc3)c2[C@H]1CCO. The number of carbonyl (C=O) groups excluding carboxylic acids is 1. The summed E-state index contributed by atoms with van der Waals surface area (Å²) in [7, 11) is 0. The van der Waals surface area contributed by atoms with Crippen molar-refractivity contribution >= 4 is 17.3 Å². The summed E-state index contributed by atoms with van der Waals surface area (Å²) < 4.78 is 26.1. The van der Waals surface area contributed by atoms with E-state index in [1.54, 1.807) is 0 Å². The lowest BCUT2D eigenvalue weighted by Gasteiger charge is -2.33. The Bertz CT molecular complexity index is 1620. The average Bonchev–Trinajstić information content (AvgIpc) is 3.63. The van der Waals surface area contributed by atoms with Crippen LogP contribution in [0, 0.1) is 0 Å². The predicted molar refractivity (Wildman–Crippen MR) is 169 cm³/mol. The molecule has 0 saturated heterocycles. The van der Waals surface area contributed by atoms with Crippen LogP contribution in [-0.2, 0) is 24.5 Å². The number of benzene rings is 4. The fourth-order valence-corrected chi connectivity index (χ4v) is 7.18. The first-order valence-corrected chi connectivity index (χ1v) is 15.6. The molecule has 7 nitrogen and oxygen atoms in total. The maximum atomic E-state index is 13.7. The van der Waals surface area contributed by atoms with Crippen LogP contribution in [0.4, 0.5) is 0 Å². The van der Waals surface area contributed by atoms with Crippen LogP contribution in [0.15, 0.2) is 84.9 Å². The zero-order valence-electron chi connectivity index (χ0n) is 24.6. The van der Waals surface area contributed by atoms with E-state index >= 15 is 0 Å². The van der Waals surface area contributed by atoms with Gasteiger partial charge in [-0.25, -0.2) is 0 Å². The standard InChI is InChI=1S/C35H36N2O5S/c1-35(2,3)43(40)37-21-28-18-27(34(39)36-20-23-9-14-31-32(17-23)42-22-41-31)19-29(33(28)30(37)15-16-38)26-12-10-25(11-13-26)24-7-5-4-6-8-24/h4-14,17-19,30,38H,15-16,20-22H2,1-3H3,(H,36,39)/t30-,43?/m1/s1. The maximum absolute atomic E-state index is 13.7. The molecule has 2 aliphatic rings. The Labute approximate surface area is 255 Å². The lowest BCUT2D eigenvalue weighted by atomic mass is 9.89. The van der Waals surface area contributed by atoms with Gasteiger partial charge in [0.15, 0.2) is 11.5 Å². The molecule has 4 aromatic carbocycles. The number of aliphatic hydroxyl groups excluding tert-OH is 1. The molecule has 0 spiro atoms. The predicted octanol–water partition coefficient (Wildman–Crippen LogP) is 6.38. The molecule has 2 N–H and O–H groups in total. The summed E-state index contributed by atoms with van der Waals surface area (Å²) in [5.41, 5.74) is 7.52. The Morgan fingerprint density at radius 3 is 2.37 bits per heavy atom. The third-order valence-electron chi connectivity index (χ3n) is 7.87. The molecule has 2 aliphatic heterocycles. The molecule has 2 heterocycles. The van der Waals surface area contributed by atoms with Crippen molar-refractivity contribution in [1.82, 2.24) is 9.62 Å². The number of rotatable bonds is 8. The number of ether oxygens (including phenoxy) is 2. The van der Waals surface area contributed by atoms with Crippen molar-refractivity contribution in [1.29, 1.82) is 0 Å². The van der Waals surface area contributed by atoms with Gasteiger partial charge >= 0.3 is 0 Å². The van der Waals surface area contributed by atoms with Crippen LogP contribution in [-0.4, -0.2) is 38.0 Å². The van der Waals surface area contributed by atoms with Gasteiger partial charge in [-0.15, -0.1) is 4.31 Å². The molecule has 8 heteroatoms. The molecule has 0 aromatic heterocycles. The molecule has 0 bridgehead atoms. The van der Waals surface area contributed by atoms with Gasteiger partial charge in [-0.3, -0.25) is 4.79 Å². The van der Waals surface area contributed by atoms with Crippen LogP contribution < -0.4 is 14.8 Å². The molecule has 0 radical (unpaired) electrons. The Hall–Kier alpha value is -3.82. The number of carbonyl (C=O) groups is 1. The third-order valence-corrected chi connectivity index (χ3v) is 9.72. The summed E-state index contributed by atoms with van der Waals surface area (Å²) in [6.07, 6.45) is 0.444. The number of hydrogen-bond acceptors (Lipinski definition) is 6. The minimum absolute atomic E-state index is 0.0356. The van der Waals surface area contributed by atoms with Crippen molar-refractivity contribution in [2.24, 2.45) is 0 Å². The number of fused-ring (bicyclic) bond motifs is 2. The van der Waals surface area contributed by atoms with Gasteiger partial charge in [-0.2, -0.15) is 0 Å². The fourth-order valence-electron chi connectivity index (χ4n) is 5.77. The number of amides is 1. The lowest BCUT2D eigenvalue weighted by Crippen LogP contribution is -2.42. The highest BCUT2D eigenvalue weighted by Gasteiger charge is 2.44. The van der Waals surface area contributed by atoms with E-state index in [4.69, 9.17) is 9.47 Å². The number of nitrogens with one attached hydrogen (secondary N) is 1. The first kappa shape index (κ1) is 29.3. The summed E-state index contributed by atoms with van der Waals surface area (Å²) in [6.45, 7) is 6.81. The van der Waals surface area contributed by atoms with Gasteiger partial charge in [0.1, 0.15) is 4.75 Å². The Kier molecular flexibility index (Phi) is 8.20. The fraction of sp³-hybridized carbons (Fsp3) is 0.286. The number of hydrogen-bond donors (Lipinski definition) is 2. The van der Waals surface area contributed by atoms with Gasteiger partial charge in [-0.05, 0) is 90.4 Å². The maximum Gasteiger partial charge on any atom is 0.251 e. The lowest BCUT2D eigenvalue weighted by molar-refractivity contribution is 0.0950. The van der Waals surface area contributed by atoms with Crippen molar-refractivity contribution in [3.05, 3.63) is 107 Å². The second-order valence-corrected chi connectivity index (χ2v) is 14.1. The normalized spacial score (nSPS) is 16.6. The molecule has 1 amide bonds. The second-order valence-electron chi connectivity index (χ2n) is 11.9. The van der Waals surface area contributed by atoms with E-state index in [9.17, 15) is 14.5 Å². The van der Waals surface area contributed by atoms with E-state index in [0.29, 0.717) is 36.6 Å². The van der Waals surface area contributed by atoms with E-state index in [-0.39, 0.29) is 25.3 Å². The van der Waals surface area contributed by atoms with Gasteiger partial charge < -0.3 is 24.4 Å². The van der Waals surface area contributed by atoms with E-state index in [1.807, 2.05) is 73.6 Å². The summed E-state index contributed by atoms with van der Waals surface area (Å²) >= 11 is -1.31. The van der Waals surface area contributed by atoms with Crippen molar-refractivity contribution < 1.29 is 23.9 Å².